The van der Waals surface area contributed by atoms with Crippen LogP contribution in [0.5, 0.6) is 11.5 Å². The molecular formula is C16H18N2O3. The zero-order chi connectivity index (χ0) is 15.2. The van der Waals surface area contributed by atoms with Crippen molar-refractivity contribution in [2.24, 2.45) is 0 Å². The third kappa shape index (κ3) is 4.49. The van der Waals surface area contributed by atoms with E-state index in [1.54, 1.807) is 0 Å². The van der Waals surface area contributed by atoms with Crippen molar-refractivity contribution in [3.05, 3.63) is 53.9 Å². The first-order chi connectivity index (χ1) is 10.0. The summed E-state index contributed by atoms with van der Waals surface area (Å²) in [4.78, 5) is 15.7. The lowest BCUT2D eigenvalue weighted by molar-refractivity contribution is 0.0926. The molecule has 1 heterocycles. The van der Waals surface area contributed by atoms with Crippen LogP contribution in [0, 0.1) is 6.92 Å². The van der Waals surface area contributed by atoms with E-state index in [0.717, 1.165) is 5.75 Å². The summed E-state index contributed by atoms with van der Waals surface area (Å²) in [5.41, 5.74) is 1.48. The summed E-state index contributed by atoms with van der Waals surface area (Å²) in [7, 11) is 0. The lowest BCUT2D eigenvalue weighted by Gasteiger charge is -2.15. The van der Waals surface area contributed by atoms with Crippen LogP contribution in [-0.2, 0) is 0 Å². The van der Waals surface area contributed by atoms with Crippen molar-refractivity contribution in [2.45, 2.75) is 19.9 Å². The third-order valence-corrected chi connectivity index (χ3v) is 2.88. The van der Waals surface area contributed by atoms with Crippen LogP contribution in [0.4, 0.5) is 0 Å². The summed E-state index contributed by atoms with van der Waals surface area (Å²) in [6.45, 7) is 4.22. The lowest BCUT2D eigenvalue weighted by atomic mass is 10.2. The average molecular weight is 286 g/mol. The summed E-state index contributed by atoms with van der Waals surface area (Å²) in [5.74, 6) is 0.435. The number of nitrogens with one attached hydrogen (secondary N) is 1. The number of aryl methyl sites for hydroxylation is 1. The third-order valence-electron chi connectivity index (χ3n) is 2.88. The normalized spacial score (nSPS) is 11.7. The molecule has 0 spiro atoms. The van der Waals surface area contributed by atoms with Crippen molar-refractivity contribution in [3.63, 3.8) is 0 Å². The van der Waals surface area contributed by atoms with Gasteiger partial charge in [0.25, 0.3) is 5.91 Å². The highest BCUT2D eigenvalue weighted by Crippen LogP contribution is 2.12. The van der Waals surface area contributed by atoms with E-state index in [1.807, 2.05) is 38.1 Å². The van der Waals surface area contributed by atoms with Crippen LogP contribution in [0.2, 0.25) is 0 Å². The number of hydrogen-bond donors (Lipinski definition) is 2. The van der Waals surface area contributed by atoms with Crippen molar-refractivity contribution in [1.82, 2.24) is 10.3 Å². The summed E-state index contributed by atoms with van der Waals surface area (Å²) < 4.78 is 5.60. The Morgan fingerprint density at radius 1 is 1.33 bits per heavy atom. The Bertz CT molecular complexity index is 611. The molecule has 1 unspecified atom stereocenters. The molecule has 1 aromatic heterocycles. The molecule has 0 aliphatic carbocycles. The van der Waals surface area contributed by atoms with Crippen LogP contribution in [0.3, 0.4) is 0 Å². The first-order valence-electron chi connectivity index (χ1n) is 6.69. The minimum absolute atomic E-state index is 0.0359. The molecule has 0 saturated carbocycles. The SMILES string of the molecule is Cc1ccc(OCC(C)NC(=O)c2cncc(O)c2)cc1. The Balaban J connectivity index is 1.85. The summed E-state index contributed by atoms with van der Waals surface area (Å²) in [6.07, 6.45) is 2.68. The van der Waals surface area contributed by atoms with E-state index in [9.17, 15) is 9.90 Å². The minimum Gasteiger partial charge on any atom is -0.506 e. The summed E-state index contributed by atoms with van der Waals surface area (Å²) in [6, 6.07) is 8.93. The zero-order valence-corrected chi connectivity index (χ0v) is 12.0. The Labute approximate surface area is 123 Å². The van der Waals surface area contributed by atoms with Gasteiger partial charge in [-0.1, -0.05) is 17.7 Å². The highest BCUT2D eigenvalue weighted by molar-refractivity contribution is 5.94. The molecule has 110 valence electrons. The van der Waals surface area contributed by atoms with Crippen LogP contribution >= 0.6 is 0 Å². The van der Waals surface area contributed by atoms with Gasteiger partial charge in [0.15, 0.2) is 0 Å². The number of nitrogens with zero attached hydrogens (tertiary/aromatic N) is 1. The van der Waals surface area contributed by atoms with E-state index in [1.165, 1.54) is 24.0 Å². The molecule has 0 saturated heterocycles. The summed E-state index contributed by atoms with van der Waals surface area (Å²) in [5, 5.41) is 12.1. The van der Waals surface area contributed by atoms with E-state index >= 15 is 0 Å². The number of hydrogen-bond acceptors (Lipinski definition) is 4. The van der Waals surface area contributed by atoms with Crippen LogP contribution < -0.4 is 10.1 Å². The van der Waals surface area contributed by atoms with Crippen LogP contribution in [0.25, 0.3) is 0 Å². The maximum atomic E-state index is 11.9. The number of benzene rings is 1. The van der Waals surface area contributed by atoms with Gasteiger partial charge in [-0.25, -0.2) is 0 Å². The molecular weight excluding hydrogens is 268 g/mol. The van der Waals surface area contributed by atoms with E-state index in [-0.39, 0.29) is 17.7 Å². The molecule has 2 rings (SSSR count). The van der Waals surface area contributed by atoms with Crippen molar-refractivity contribution < 1.29 is 14.6 Å². The molecule has 0 aliphatic rings. The molecule has 2 N–H and O–H groups in total. The van der Waals surface area contributed by atoms with Crippen molar-refractivity contribution in [2.75, 3.05) is 6.61 Å². The first-order valence-corrected chi connectivity index (χ1v) is 6.69. The van der Waals surface area contributed by atoms with Gasteiger partial charge in [0.05, 0.1) is 17.8 Å². The summed E-state index contributed by atoms with van der Waals surface area (Å²) >= 11 is 0. The Morgan fingerprint density at radius 2 is 2.05 bits per heavy atom. The molecule has 1 atom stereocenters. The minimum atomic E-state index is -0.293. The van der Waals surface area contributed by atoms with E-state index < -0.39 is 0 Å². The van der Waals surface area contributed by atoms with Gasteiger partial charge in [-0.05, 0) is 32.0 Å². The van der Waals surface area contributed by atoms with Gasteiger partial charge in [-0.2, -0.15) is 0 Å². The molecule has 1 aromatic carbocycles. The quantitative estimate of drug-likeness (QED) is 0.884. The fourth-order valence-electron chi connectivity index (χ4n) is 1.76. The van der Waals surface area contributed by atoms with Crippen LogP contribution in [0.15, 0.2) is 42.7 Å². The molecule has 2 aromatic rings. The average Bonchev–Trinajstić information content (AvgIpc) is 2.46. The van der Waals surface area contributed by atoms with Crippen molar-refractivity contribution in [3.8, 4) is 11.5 Å². The maximum Gasteiger partial charge on any atom is 0.253 e. The Morgan fingerprint density at radius 3 is 2.71 bits per heavy atom. The van der Waals surface area contributed by atoms with Gasteiger partial charge in [0.2, 0.25) is 0 Å². The molecule has 5 nitrogen and oxygen atoms in total. The van der Waals surface area contributed by atoms with Gasteiger partial charge in [0.1, 0.15) is 18.1 Å². The number of aromatic hydroxyl groups is 1. The first kappa shape index (κ1) is 14.8. The predicted octanol–water partition coefficient (Wildman–Crippen LogP) is 2.29. The lowest BCUT2D eigenvalue weighted by Crippen LogP contribution is -2.36. The highest BCUT2D eigenvalue weighted by Gasteiger charge is 2.11. The number of pyridine rings is 1. The zero-order valence-electron chi connectivity index (χ0n) is 12.0. The molecule has 5 heteroatoms. The topological polar surface area (TPSA) is 71.5 Å². The molecule has 0 radical (unpaired) electrons. The number of amides is 1. The number of carbonyl (C=O) groups is 1. The second kappa shape index (κ2) is 6.74. The van der Waals surface area contributed by atoms with Gasteiger partial charge in [0, 0.05) is 6.20 Å². The fraction of sp³-hybridized carbons (Fsp3) is 0.250. The monoisotopic (exact) mass is 286 g/mol. The maximum absolute atomic E-state index is 11.9. The van der Waals surface area contributed by atoms with Crippen LogP contribution in [-0.4, -0.2) is 28.6 Å². The smallest absolute Gasteiger partial charge is 0.253 e. The number of carbonyl (C=O) groups excluding carboxylic acids is 1. The number of aromatic nitrogens is 1. The number of ether oxygens (including phenoxy) is 1. The van der Waals surface area contributed by atoms with Gasteiger partial charge < -0.3 is 15.2 Å². The van der Waals surface area contributed by atoms with Crippen molar-refractivity contribution in [1.29, 1.82) is 0 Å². The van der Waals surface area contributed by atoms with Gasteiger partial charge in [-0.15, -0.1) is 0 Å². The van der Waals surface area contributed by atoms with Crippen LogP contribution in [0.1, 0.15) is 22.8 Å². The van der Waals surface area contributed by atoms with Gasteiger partial charge >= 0.3 is 0 Å². The second-order valence-electron chi connectivity index (χ2n) is 4.93. The standard InChI is InChI=1S/C16H18N2O3/c1-11-3-5-15(6-4-11)21-10-12(2)18-16(20)13-7-14(19)9-17-8-13/h3-9,12,19H,10H2,1-2H3,(H,18,20). The Hall–Kier alpha value is -2.56. The molecule has 0 aliphatic heterocycles. The largest absolute Gasteiger partial charge is 0.506 e. The second-order valence-corrected chi connectivity index (χ2v) is 4.93. The molecule has 0 bridgehead atoms. The Kier molecular flexibility index (Phi) is 4.77. The fourth-order valence-corrected chi connectivity index (χ4v) is 1.76. The van der Waals surface area contributed by atoms with E-state index in [4.69, 9.17) is 4.74 Å². The molecule has 21 heavy (non-hydrogen) atoms. The van der Waals surface area contributed by atoms with Crippen molar-refractivity contribution >= 4 is 5.91 Å². The van der Waals surface area contributed by atoms with E-state index in [2.05, 4.69) is 10.3 Å². The van der Waals surface area contributed by atoms with E-state index in [0.29, 0.717) is 12.2 Å². The van der Waals surface area contributed by atoms with Gasteiger partial charge in [-0.3, -0.25) is 9.78 Å². The predicted molar refractivity (Wildman–Crippen MR) is 79.5 cm³/mol. The molecule has 1 amide bonds. The number of rotatable bonds is 5. The highest BCUT2D eigenvalue weighted by atomic mass is 16.5. The molecule has 0 fully saturated rings.